The molecule has 456 valence electrons. The van der Waals surface area contributed by atoms with Crippen molar-refractivity contribution in [2.45, 2.75) is 326 Å². The Balaban J connectivity index is 2.19. The summed E-state index contributed by atoms with van der Waals surface area (Å²) in [5.74, 6) is -0.190. The molecule has 1 aliphatic heterocycles. The van der Waals surface area contributed by atoms with Gasteiger partial charge in [0.2, 0.25) is 5.91 Å². The van der Waals surface area contributed by atoms with Crippen molar-refractivity contribution in [3.8, 4) is 0 Å². The van der Waals surface area contributed by atoms with Gasteiger partial charge >= 0.3 is 0 Å². The Kier molecular flexibility index (Phi) is 54.7. The van der Waals surface area contributed by atoms with Crippen LogP contribution in [0.1, 0.15) is 284 Å². The molecule has 0 spiro atoms. The summed E-state index contributed by atoms with van der Waals surface area (Å²) in [5, 5.41) is 54.7. The number of aliphatic hydroxyl groups excluding tert-OH is 5. The summed E-state index contributed by atoms with van der Waals surface area (Å²) < 4.78 is 11.3. The highest BCUT2D eigenvalue weighted by Gasteiger charge is 2.44. The summed E-state index contributed by atoms with van der Waals surface area (Å²) in [6, 6.07) is -0.830. The maximum atomic E-state index is 13.1. The molecule has 0 aromatic carbocycles. The zero-order valence-corrected chi connectivity index (χ0v) is 50.9. The van der Waals surface area contributed by atoms with Gasteiger partial charge in [0, 0.05) is 6.42 Å². The smallest absolute Gasteiger partial charge is 0.220 e. The molecule has 1 saturated heterocycles. The number of allylic oxidation sites excluding steroid dienone is 15. The van der Waals surface area contributed by atoms with Gasteiger partial charge in [-0.2, -0.15) is 0 Å². The van der Waals surface area contributed by atoms with Gasteiger partial charge in [0.1, 0.15) is 24.4 Å². The molecule has 6 N–H and O–H groups in total. The SMILES string of the molecule is CC/C=C\C/C=C\C/C=C\C/C=C\C/C=C\C/C=C\CCCCCCCCCCCCCCC(=O)NC(COC1OC(CO)C(O)C(O)C1O)C(O)/C=C/CC/C=C/CCCCCCCCCCCCCCCCCCCCC. The minimum Gasteiger partial charge on any atom is -0.394 e. The highest BCUT2D eigenvalue weighted by atomic mass is 16.7. The summed E-state index contributed by atoms with van der Waals surface area (Å²) in [5.41, 5.74) is 0. The van der Waals surface area contributed by atoms with Crippen LogP contribution in [-0.2, 0) is 14.3 Å². The lowest BCUT2D eigenvalue weighted by molar-refractivity contribution is -0.302. The zero-order valence-electron chi connectivity index (χ0n) is 50.9. The highest BCUT2D eigenvalue weighted by molar-refractivity contribution is 5.76. The Morgan fingerprint density at radius 1 is 0.443 bits per heavy atom. The van der Waals surface area contributed by atoms with Gasteiger partial charge in [0.05, 0.1) is 25.4 Å². The van der Waals surface area contributed by atoms with Crippen LogP contribution in [0.25, 0.3) is 0 Å². The lowest BCUT2D eigenvalue weighted by atomic mass is 9.99. The van der Waals surface area contributed by atoms with Crippen molar-refractivity contribution in [3.63, 3.8) is 0 Å². The quantitative estimate of drug-likeness (QED) is 0.0261. The minimum atomic E-state index is -1.58. The van der Waals surface area contributed by atoms with Crippen molar-refractivity contribution in [1.29, 1.82) is 0 Å². The van der Waals surface area contributed by atoms with E-state index in [9.17, 15) is 30.3 Å². The second kappa shape index (κ2) is 58.3. The number of ether oxygens (including phenoxy) is 2. The van der Waals surface area contributed by atoms with Crippen LogP contribution in [0.2, 0.25) is 0 Å². The summed E-state index contributed by atoms with van der Waals surface area (Å²) in [4.78, 5) is 13.1. The maximum Gasteiger partial charge on any atom is 0.220 e. The molecule has 0 aromatic rings. The minimum absolute atomic E-state index is 0.190. The lowest BCUT2D eigenvalue weighted by Gasteiger charge is -2.40. The first-order valence-corrected chi connectivity index (χ1v) is 33.0. The van der Waals surface area contributed by atoms with Crippen LogP contribution in [0.4, 0.5) is 0 Å². The monoisotopic (exact) mass is 1110 g/mol. The number of unbranched alkanes of at least 4 members (excludes halogenated alkanes) is 32. The fourth-order valence-corrected chi connectivity index (χ4v) is 10.0. The molecular formula is C70H123NO8. The van der Waals surface area contributed by atoms with E-state index in [2.05, 4.69) is 104 Å². The molecule has 9 nitrogen and oxygen atoms in total. The van der Waals surface area contributed by atoms with Crippen molar-refractivity contribution in [2.75, 3.05) is 13.2 Å². The summed E-state index contributed by atoms with van der Waals surface area (Å²) >= 11 is 0. The number of carbonyl (C=O) groups is 1. The number of hydrogen-bond acceptors (Lipinski definition) is 8. The van der Waals surface area contributed by atoms with Crippen molar-refractivity contribution in [2.24, 2.45) is 0 Å². The Labute approximate surface area is 485 Å². The van der Waals surface area contributed by atoms with Crippen LogP contribution in [0, 0.1) is 0 Å². The van der Waals surface area contributed by atoms with Gasteiger partial charge in [0.15, 0.2) is 6.29 Å². The van der Waals surface area contributed by atoms with Gasteiger partial charge < -0.3 is 40.3 Å². The number of rotatable bonds is 56. The van der Waals surface area contributed by atoms with E-state index in [-0.39, 0.29) is 12.5 Å². The van der Waals surface area contributed by atoms with Gasteiger partial charge in [-0.1, -0.05) is 291 Å². The van der Waals surface area contributed by atoms with Crippen LogP contribution in [0.3, 0.4) is 0 Å². The fourth-order valence-electron chi connectivity index (χ4n) is 10.0. The molecule has 9 heteroatoms. The van der Waals surface area contributed by atoms with E-state index in [1.165, 1.54) is 186 Å². The molecule has 0 aliphatic carbocycles. The predicted molar refractivity (Wildman–Crippen MR) is 336 cm³/mol. The number of amides is 1. The third kappa shape index (κ3) is 47.3. The Morgan fingerprint density at radius 2 is 0.797 bits per heavy atom. The van der Waals surface area contributed by atoms with E-state index >= 15 is 0 Å². The van der Waals surface area contributed by atoms with Crippen molar-refractivity contribution in [3.05, 3.63) is 97.2 Å². The molecular weight excluding hydrogens is 983 g/mol. The van der Waals surface area contributed by atoms with E-state index in [1.54, 1.807) is 6.08 Å². The van der Waals surface area contributed by atoms with E-state index in [0.29, 0.717) is 6.42 Å². The van der Waals surface area contributed by atoms with Gasteiger partial charge in [-0.05, 0) is 83.5 Å². The summed E-state index contributed by atoms with van der Waals surface area (Å²) in [7, 11) is 0. The molecule has 0 saturated carbocycles. The van der Waals surface area contributed by atoms with E-state index in [4.69, 9.17) is 9.47 Å². The normalized spacial score (nSPS) is 19.2. The largest absolute Gasteiger partial charge is 0.394 e. The molecule has 1 fully saturated rings. The van der Waals surface area contributed by atoms with Crippen molar-refractivity contribution in [1.82, 2.24) is 5.32 Å². The molecule has 1 amide bonds. The number of carbonyl (C=O) groups excluding carboxylic acids is 1. The highest BCUT2D eigenvalue weighted by Crippen LogP contribution is 2.23. The van der Waals surface area contributed by atoms with Crippen LogP contribution in [0.15, 0.2) is 97.2 Å². The fraction of sp³-hybridized carbons (Fsp3) is 0.757. The average Bonchev–Trinajstić information content (AvgIpc) is 3.47. The number of aliphatic hydroxyl groups is 5. The van der Waals surface area contributed by atoms with Gasteiger partial charge in [0.25, 0.3) is 0 Å². The van der Waals surface area contributed by atoms with E-state index in [1.807, 2.05) is 6.08 Å². The molecule has 0 aromatic heterocycles. The second-order valence-electron chi connectivity index (χ2n) is 22.5. The molecule has 7 atom stereocenters. The molecule has 1 rings (SSSR count). The van der Waals surface area contributed by atoms with E-state index in [0.717, 1.165) is 77.0 Å². The van der Waals surface area contributed by atoms with Crippen molar-refractivity contribution < 1.29 is 39.8 Å². The van der Waals surface area contributed by atoms with Gasteiger partial charge in [-0.3, -0.25) is 4.79 Å². The Bertz CT molecular complexity index is 1560. The van der Waals surface area contributed by atoms with Crippen LogP contribution < -0.4 is 5.32 Å². The summed E-state index contributed by atoms with van der Waals surface area (Å²) in [6.07, 6.45) is 77.8. The van der Waals surface area contributed by atoms with Gasteiger partial charge in [-0.25, -0.2) is 0 Å². The molecule has 0 bridgehead atoms. The Hall–Kier alpha value is -2.89. The standard InChI is InChI=1S/C70H123NO8/c1-3-5-7-9-11-13-15-17-19-21-23-25-27-29-30-31-32-33-34-36-38-40-42-44-46-48-50-52-54-56-58-60-66(74)71-63(62-78-70-69(77)68(76)67(75)65(61-72)79-70)64(73)59-57-55-53-51-49-47-45-43-41-39-37-35-28-26-24-22-20-18-16-14-12-10-8-6-4-2/h5,7,11,13,17,19,23,25,29-30,32-33,49,51,57,59,63-65,67-70,72-73,75-77H,3-4,6,8-10,12,14-16,18,20-22,24,26-28,31,34-48,50,52-56,58,60-62H2,1-2H3,(H,71,74)/b7-5-,13-11-,19-17-,25-23-,30-29-,33-32-,51-49+,59-57+. The van der Waals surface area contributed by atoms with Crippen LogP contribution in [0.5, 0.6) is 0 Å². The zero-order chi connectivity index (χ0) is 57.2. The van der Waals surface area contributed by atoms with Crippen LogP contribution in [-0.4, -0.2) is 87.5 Å². The maximum absolute atomic E-state index is 13.1. The number of nitrogens with one attached hydrogen (secondary N) is 1. The first kappa shape index (κ1) is 74.1. The third-order valence-electron chi connectivity index (χ3n) is 15.1. The molecule has 1 aliphatic rings. The average molecular weight is 1110 g/mol. The number of hydrogen-bond donors (Lipinski definition) is 6. The van der Waals surface area contributed by atoms with Crippen molar-refractivity contribution >= 4 is 5.91 Å². The molecule has 0 radical (unpaired) electrons. The topological polar surface area (TPSA) is 149 Å². The first-order chi connectivity index (χ1) is 38.8. The molecule has 1 heterocycles. The van der Waals surface area contributed by atoms with Crippen LogP contribution >= 0.6 is 0 Å². The first-order valence-electron chi connectivity index (χ1n) is 33.0. The second-order valence-corrected chi connectivity index (χ2v) is 22.5. The third-order valence-corrected chi connectivity index (χ3v) is 15.1. The van der Waals surface area contributed by atoms with Gasteiger partial charge in [-0.15, -0.1) is 0 Å². The summed E-state index contributed by atoms with van der Waals surface area (Å²) in [6.45, 7) is 3.67. The Morgan fingerprint density at radius 3 is 1.22 bits per heavy atom. The molecule has 7 unspecified atom stereocenters. The van der Waals surface area contributed by atoms with E-state index < -0.39 is 49.5 Å². The lowest BCUT2D eigenvalue weighted by Crippen LogP contribution is -2.60. The molecule has 79 heavy (non-hydrogen) atoms. The predicted octanol–water partition coefficient (Wildman–Crippen LogP) is 17.5.